The number of nitrogens with one attached hydrogen (secondary N) is 1. The number of amidine groups is 1. The second kappa shape index (κ2) is 7.18. The molecule has 1 N–H and O–H groups in total. The summed E-state index contributed by atoms with van der Waals surface area (Å²) in [6.45, 7) is 3.55. The van der Waals surface area contributed by atoms with E-state index in [9.17, 15) is 4.39 Å². The Morgan fingerprint density at radius 3 is 2.97 bits per heavy atom. The summed E-state index contributed by atoms with van der Waals surface area (Å²) in [4.78, 5) is 9.03. The lowest BCUT2D eigenvalue weighted by Gasteiger charge is -2.29. The van der Waals surface area contributed by atoms with Gasteiger partial charge in [0.05, 0.1) is 6.61 Å². The molecule has 4 aliphatic rings. The lowest BCUT2D eigenvalue weighted by atomic mass is 9.98. The Morgan fingerprint density at radius 1 is 1.24 bits per heavy atom. The van der Waals surface area contributed by atoms with Gasteiger partial charge in [-0.1, -0.05) is 6.08 Å². The van der Waals surface area contributed by atoms with Gasteiger partial charge in [-0.25, -0.2) is 9.38 Å². The molecule has 1 aromatic rings. The normalized spacial score (nSPS) is 21.1. The Morgan fingerprint density at radius 2 is 2.14 bits per heavy atom. The van der Waals surface area contributed by atoms with Gasteiger partial charge in [-0.15, -0.1) is 0 Å². The SMILES string of the molecule is CN1CC=C(C2=CN=C(NCc3c(F)ccc4c3CCO4)N3CN(C)N=C23)CC1. The van der Waals surface area contributed by atoms with Gasteiger partial charge in [0.1, 0.15) is 18.2 Å². The first kappa shape index (κ1) is 18.2. The van der Waals surface area contributed by atoms with Gasteiger partial charge in [0, 0.05) is 56.0 Å². The van der Waals surface area contributed by atoms with Crippen LogP contribution < -0.4 is 10.1 Å². The number of hydrogen-bond acceptors (Lipinski definition) is 7. The molecule has 0 atom stereocenters. The molecule has 4 heterocycles. The van der Waals surface area contributed by atoms with Gasteiger partial charge in [0.15, 0.2) is 5.84 Å². The third-order valence-electron chi connectivity index (χ3n) is 5.80. The highest BCUT2D eigenvalue weighted by Crippen LogP contribution is 2.31. The standard InChI is InChI=1S/C21H25FN6O/c1-26-8-5-14(6-9-26)16-11-23-21(28-13-27(2)25-20(16)28)24-12-17-15-7-10-29-19(15)4-3-18(17)22/h3-5,11H,6-10,12-13H2,1-2H3,(H,23,24). The predicted octanol–water partition coefficient (Wildman–Crippen LogP) is 1.88. The summed E-state index contributed by atoms with van der Waals surface area (Å²) < 4.78 is 20.0. The molecule has 8 heteroatoms. The van der Waals surface area contributed by atoms with E-state index in [1.807, 2.05) is 18.3 Å². The van der Waals surface area contributed by atoms with Crippen molar-refractivity contribution in [3.63, 3.8) is 0 Å². The van der Waals surface area contributed by atoms with Crippen LogP contribution >= 0.6 is 0 Å². The molecular formula is C21H25FN6O. The maximum Gasteiger partial charge on any atom is 0.206 e. The largest absolute Gasteiger partial charge is 0.493 e. The Bertz CT molecular complexity index is 966. The first-order valence-corrected chi connectivity index (χ1v) is 10.0. The molecule has 0 amide bonds. The number of nitrogens with zero attached hydrogens (tertiary/aromatic N) is 5. The molecule has 1 aromatic carbocycles. The van der Waals surface area contributed by atoms with Crippen molar-refractivity contribution in [3.8, 4) is 5.75 Å². The van der Waals surface area contributed by atoms with E-state index in [4.69, 9.17) is 9.84 Å². The van der Waals surface area contributed by atoms with E-state index in [1.165, 1.54) is 11.6 Å². The fourth-order valence-electron chi connectivity index (χ4n) is 4.20. The Hall–Kier alpha value is -2.87. The van der Waals surface area contributed by atoms with Gasteiger partial charge in [-0.3, -0.25) is 9.91 Å². The molecule has 0 unspecified atom stereocenters. The summed E-state index contributed by atoms with van der Waals surface area (Å²) in [7, 11) is 4.07. The summed E-state index contributed by atoms with van der Waals surface area (Å²) in [6.07, 6.45) is 5.87. The molecular weight excluding hydrogens is 371 g/mol. The average Bonchev–Trinajstić information content (AvgIpc) is 3.34. The molecule has 7 nitrogen and oxygen atoms in total. The number of halogens is 1. The zero-order valence-corrected chi connectivity index (χ0v) is 16.8. The third-order valence-corrected chi connectivity index (χ3v) is 5.80. The van der Waals surface area contributed by atoms with Gasteiger partial charge in [-0.05, 0) is 31.2 Å². The summed E-state index contributed by atoms with van der Waals surface area (Å²) in [5, 5.41) is 9.94. The van der Waals surface area contributed by atoms with Crippen LogP contribution in [0.15, 0.2) is 45.6 Å². The van der Waals surface area contributed by atoms with Crippen molar-refractivity contribution in [1.29, 1.82) is 0 Å². The van der Waals surface area contributed by atoms with Crippen molar-refractivity contribution in [1.82, 2.24) is 20.1 Å². The topological polar surface area (TPSA) is 55.7 Å². The molecule has 0 aliphatic carbocycles. The van der Waals surface area contributed by atoms with Gasteiger partial charge >= 0.3 is 0 Å². The van der Waals surface area contributed by atoms with E-state index in [1.54, 1.807) is 6.07 Å². The number of ether oxygens (including phenoxy) is 1. The molecule has 0 spiro atoms. The second-order valence-corrected chi connectivity index (χ2v) is 7.84. The van der Waals surface area contributed by atoms with Crippen LogP contribution in [-0.4, -0.2) is 67.1 Å². The fourth-order valence-corrected chi connectivity index (χ4v) is 4.20. The first-order valence-electron chi connectivity index (χ1n) is 10.0. The van der Waals surface area contributed by atoms with Crippen LogP contribution in [-0.2, 0) is 13.0 Å². The minimum absolute atomic E-state index is 0.210. The number of aliphatic imine (C=N–C) groups is 1. The van der Waals surface area contributed by atoms with E-state index in [-0.39, 0.29) is 5.82 Å². The molecule has 5 rings (SSSR count). The summed E-state index contributed by atoms with van der Waals surface area (Å²) in [6, 6.07) is 3.19. The molecule has 0 aromatic heterocycles. The quantitative estimate of drug-likeness (QED) is 0.846. The molecule has 0 saturated heterocycles. The number of likely N-dealkylation sites (N-methyl/N-ethyl adjacent to an activating group) is 1. The number of hydrogen-bond donors (Lipinski definition) is 1. The fraction of sp³-hybridized carbons (Fsp3) is 0.429. The average molecular weight is 396 g/mol. The van der Waals surface area contributed by atoms with Crippen LogP contribution in [0.4, 0.5) is 4.39 Å². The van der Waals surface area contributed by atoms with Crippen molar-refractivity contribution in [2.75, 3.05) is 40.5 Å². The summed E-state index contributed by atoms with van der Waals surface area (Å²) >= 11 is 0. The smallest absolute Gasteiger partial charge is 0.206 e. The summed E-state index contributed by atoms with van der Waals surface area (Å²) in [5.74, 6) is 2.18. The molecule has 0 fully saturated rings. The van der Waals surface area contributed by atoms with Crippen LogP contribution in [0.25, 0.3) is 0 Å². The van der Waals surface area contributed by atoms with Crippen molar-refractivity contribution >= 4 is 11.8 Å². The molecule has 4 aliphatic heterocycles. The third kappa shape index (κ3) is 3.27. The minimum Gasteiger partial charge on any atom is -0.493 e. The van der Waals surface area contributed by atoms with Crippen molar-refractivity contribution in [2.45, 2.75) is 19.4 Å². The van der Waals surface area contributed by atoms with Crippen molar-refractivity contribution in [2.24, 2.45) is 10.1 Å². The van der Waals surface area contributed by atoms with Gasteiger partial charge < -0.3 is 15.0 Å². The van der Waals surface area contributed by atoms with E-state index < -0.39 is 0 Å². The van der Waals surface area contributed by atoms with Crippen LogP contribution in [0.5, 0.6) is 5.75 Å². The van der Waals surface area contributed by atoms with Crippen molar-refractivity contribution in [3.05, 3.63) is 52.5 Å². The van der Waals surface area contributed by atoms with E-state index in [0.717, 1.165) is 48.7 Å². The number of hydrazone groups is 1. The number of benzene rings is 1. The van der Waals surface area contributed by atoms with Crippen LogP contribution in [0.3, 0.4) is 0 Å². The van der Waals surface area contributed by atoms with Gasteiger partial charge in [0.2, 0.25) is 5.96 Å². The molecule has 0 bridgehead atoms. The minimum atomic E-state index is -0.210. The lowest BCUT2D eigenvalue weighted by molar-refractivity contribution is 0.325. The van der Waals surface area contributed by atoms with E-state index in [2.05, 4.69) is 33.2 Å². The van der Waals surface area contributed by atoms with Crippen molar-refractivity contribution < 1.29 is 9.13 Å². The zero-order valence-electron chi connectivity index (χ0n) is 16.8. The zero-order chi connectivity index (χ0) is 20.0. The maximum absolute atomic E-state index is 14.5. The molecule has 152 valence electrons. The second-order valence-electron chi connectivity index (χ2n) is 7.84. The van der Waals surface area contributed by atoms with E-state index >= 15 is 0 Å². The highest BCUT2D eigenvalue weighted by Gasteiger charge is 2.32. The number of fused-ring (bicyclic) bond motifs is 2. The molecule has 29 heavy (non-hydrogen) atoms. The first-order chi connectivity index (χ1) is 14.1. The van der Waals surface area contributed by atoms with Gasteiger partial charge in [0.25, 0.3) is 0 Å². The number of guanidine groups is 1. The Labute approximate surface area is 169 Å². The van der Waals surface area contributed by atoms with Crippen LogP contribution in [0.2, 0.25) is 0 Å². The molecule has 0 saturated carbocycles. The summed E-state index contributed by atoms with van der Waals surface area (Å²) in [5.41, 5.74) is 3.97. The highest BCUT2D eigenvalue weighted by atomic mass is 19.1. The predicted molar refractivity (Wildman–Crippen MR) is 110 cm³/mol. The van der Waals surface area contributed by atoms with Crippen LogP contribution in [0.1, 0.15) is 17.5 Å². The number of rotatable bonds is 3. The Balaban J connectivity index is 1.40. The van der Waals surface area contributed by atoms with Gasteiger partial charge in [-0.2, -0.15) is 5.10 Å². The Kier molecular flexibility index (Phi) is 4.50. The maximum atomic E-state index is 14.5. The lowest BCUT2D eigenvalue weighted by Crippen LogP contribution is -2.46. The monoisotopic (exact) mass is 396 g/mol. The van der Waals surface area contributed by atoms with E-state index in [0.29, 0.717) is 31.3 Å². The molecule has 0 radical (unpaired) electrons. The highest BCUT2D eigenvalue weighted by molar-refractivity contribution is 6.13. The van der Waals surface area contributed by atoms with Crippen LogP contribution in [0, 0.1) is 5.82 Å².